The van der Waals surface area contributed by atoms with Gasteiger partial charge in [0.05, 0.1) is 16.6 Å². The van der Waals surface area contributed by atoms with Gasteiger partial charge in [-0.2, -0.15) is 5.10 Å². The van der Waals surface area contributed by atoms with Gasteiger partial charge in [0, 0.05) is 38.6 Å². The van der Waals surface area contributed by atoms with Crippen molar-refractivity contribution in [3.05, 3.63) is 47.8 Å². The molecule has 0 bridgehead atoms. The van der Waals surface area contributed by atoms with Crippen LogP contribution < -0.4 is 0 Å². The molecular formula is C17H24N4O2S. The molecule has 0 saturated carbocycles. The number of benzene rings is 1. The number of aromatic nitrogens is 2. The van der Waals surface area contributed by atoms with E-state index in [9.17, 15) is 8.42 Å². The number of hydrogen-bond acceptors (Lipinski definition) is 5. The van der Waals surface area contributed by atoms with E-state index in [1.807, 2.05) is 18.3 Å². The molecule has 0 aliphatic carbocycles. The third kappa shape index (κ3) is 3.85. The second kappa shape index (κ2) is 6.66. The SMILES string of the molecule is CN(C)C[C@H]1CN(Cc2ccc(S(C)(=O)=O)cc2)Cc2ccnn21. The van der Waals surface area contributed by atoms with E-state index in [0.717, 1.165) is 31.7 Å². The molecule has 1 atom stereocenters. The number of fused-ring (bicyclic) bond motifs is 1. The Balaban J connectivity index is 1.74. The van der Waals surface area contributed by atoms with E-state index >= 15 is 0 Å². The van der Waals surface area contributed by atoms with Crippen LogP contribution in [0.15, 0.2) is 41.4 Å². The van der Waals surface area contributed by atoms with Gasteiger partial charge in [-0.15, -0.1) is 0 Å². The maximum Gasteiger partial charge on any atom is 0.175 e. The minimum Gasteiger partial charge on any atom is -0.307 e. The first kappa shape index (κ1) is 17.1. The average Bonchev–Trinajstić information content (AvgIpc) is 2.95. The first-order valence-electron chi connectivity index (χ1n) is 8.01. The van der Waals surface area contributed by atoms with Gasteiger partial charge < -0.3 is 4.90 Å². The Hall–Kier alpha value is -1.70. The summed E-state index contributed by atoms with van der Waals surface area (Å²) < 4.78 is 25.3. The summed E-state index contributed by atoms with van der Waals surface area (Å²) in [5.74, 6) is 0. The van der Waals surface area contributed by atoms with Crippen molar-refractivity contribution in [2.45, 2.75) is 24.0 Å². The van der Waals surface area contributed by atoms with E-state index in [4.69, 9.17) is 0 Å². The second-order valence-electron chi connectivity index (χ2n) is 6.77. The summed E-state index contributed by atoms with van der Waals surface area (Å²) in [6, 6.07) is 9.59. The molecule has 130 valence electrons. The van der Waals surface area contributed by atoms with Crippen molar-refractivity contribution < 1.29 is 8.42 Å². The Morgan fingerprint density at radius 1 is 1.21 bits per heavy atom. The van der Waals surface area contributed by atoms with Crippen LogP contribution in [0.25, 0.3) is 0 Å². The van der Waals surface area contributed by atoms with Crippen LogP contribution >= 0.6 is 0 Å². The number of nitrogens with zero attached hydrogens (tertiary/aromatic N) is 4. The van der Waals surface area contributed by atoms with Gasteiger partial charge in [-0.25, -0.2) is 8.42 Å². The average molecular weight is 348 g/mol. The highest BCUT2D eigenvalue weighted by Crippen LogP contribution is 2.23. The van der Waals surface area contributed by atoms with Crippen molar-refractivity contribution in [1.82, 2.24) is 19.6 Å². The van der Waals surface area contributed by atoms with Crippen LogP contribution in [0.2, 0.25) is 0 Å². The molecular weight excluding hydrogens is 324 g/mol. The summed E-state index contributed by atoms with van der Waals surface area (Å²) in [4.78, 5) is 4.94. The van der Waals surface area contributed by atoms with Gasteiger partial charge in [0.2, 0.25) is 0 Å². The predicted octanol–water partition coefficient (Wildman–Crippen LogP) is 1.41. The topological polar surface area (TPSA) is 58.4 Å². The molecule has 2 aromatic rings. The Morgan fingerprint density at radius 3 is 2.54 bits per heavy atom. The molecule has 0 unspecified atom stereocenters. The summed E-state index contributed by atoms with van der Waals surface area (Å²) in [6.07, 6.45) is 3.10. The third-order valence-electron chi connectivity index (χ3n) is 4.29. The molecule has 0 spiro atoms. The van der Waals surface area contributed by atoms with E-state index in [-0.39, 0.29) is 0 Å². The molecule has 1 aliphatic heterocycles. The highest BCUT2D eigenvalue weighted by atomic mass is 32.2. The van der Waals surface area contributed by atoms with Crippen LogP contribution in [-0.2, 0) is 22.9 Å². The van der Waals surface area contributed by atoms with Gasteiger partial charge in [-0.05, 0) is 37.9 Å². The fraction of sp³-hybridized carbons (Fsp3) is 0.471. The molecule has 0 N–H and O–H groups in total. The molecule has 6 nitrogen and oxygen atoms in total. The number of likely N-dealkylation sites (N-methyl/N-ethyl adjacent to an activating group) is 1. The number of sulfone groups is 1. The van der Waals surface area contributed by atoms with Crippen LogP contribution in [0.3, 0.4) is 0 Å². The van der Waals surface area contributed by atoms with E-state index in [2.05, 4.69) is 39.7 Å². The van der Waals surface area contributed by atoms with E-state index in [0.29, 0.717) is 10.9 Å². The van der Waals surface area contributed by atoms with Crippen LogP contribution in [-0.4, -0.2) is 61.4 Å². The zero-order valence-corrected chi connectivity index (χ0v) is 15.2. The molecule has 3 rings (SSSR count). The van der Waals surface area contributed by atoms with Crippen molar-refractivity contribution in [2.75, 3.05) is 33.4 Å². The van der Waals surface area contributed by atoms with Gasteiger partial charge >= 0.3 is 0 Å². The zero-order valence-electron chi connectivity index (χ0n) is 14.4. The Labute approximate surface area is 143 Å². The standard InChI is InChI=1S/C17H24N4O2S/c1-19(2)11-16-13-20(12-15-8-9-18-21(15)16)10-14-4-6-17(7-5-14)24(3,22)23/h4-9,16H,10-13H2,1-3H3/t16-/m0/s1. The molecule has 0 fully saturated rings. The number of hydrogen-bond donors (Lipinski definition) is 0. The Bertz CT molecular complexity index is 796. The predicted molar refractivity (Wildman–Crippen MR) is 93.5 cm³/mol. The summed E-state index contributed by atoms with van der Waals surface area (Å²) in [7, 11) is 1.01. The fourth-order valence-corrected chi connectivity index (χ4v) is 3.87. The first-order valence-corrected chi connectivity index (χ1v) is 9.90. The third-order valence-corrected chi connectivity index (χ3v) is 5.41. The Kier molecular flexibility index (Phi) is 4.76. The minimum atomic E-state index is -3.14. The van der Waals surface area contributed by atoms with Crippen molar-refractivity contribution in [1.29, 1.82) is 0 Å². The van der Waals surface area contributed by atoms with Crippen LogP contribution in [0, 0.1) is 0 Å². The summed E-state index contributed by atoms with van der Waals surface area (Å²) >= 11 is 0. The van der Waals surface area contributed by atoms with Gasteiger partial charge in [0.1, 0.15) is 0 Å². The smallest absolute Gasteiger partial charge is 0.175 e. The van der Waals surface area contributed by atoms with Gasteiger partial charge in [0.15, 0.2) is 9.84 Å². The highest BCUT2D eigenvalue weighted by Gasteiger charge is 2.25. The van der Waals surface area contributed by atoms with E-state index < -0.39 is 9.84 Å². The maximum absolute atomic E-state index is 11.6. The van der Waals surface area contributed by atoms with Crippen molar-refractivity contribution in [3.8, 4) is 0 Å². The number of rotatable bonds is 5. The molecule has 1 aromatic carbocycles. The molecule has 7 heteroatoms. The lowest BCUT2D eigenvalue weighted by Gasteiger charge is -2.35. The summed E-state index contributed by atoms with van der Waals surface area (Å²) in [5.41, 5.74) is 2.35. The monoisotopic (exact) mass is 348 g/mol. The maximum atomic E-state index is 11.6. The van der Waals surface area contributed by atoms with Crippen molar-refractivity contribution in [3.63, 3.8) is 0 Å². The lowest BCUT2D eigenvalue weighted by atomic mass is 10.1. The van der Waals surface area contributed by atoms with Crippen molar-refractivity contribution >= 4 is 9.84 Å². The normalized spacial score (nSPS) is 18.8. The van der Waals surface area contributed by atoms with Gasteiger partial charge in [-0.3, -0.25) is 9.58 Å². The molecule has 0 radical (unpaired) electrons. The minimum absolute atomic E-state index is 0.328. The summed E-state index contributed by atoms with van der Waals surface area (Å²) in [6.45, 7) is 3.54. The largest absolute Gasteiger partial charge is 0.307 e. The molecule has 2 heterocycles. The van der Waals surface area contributed by atoms with E-state index in [1.165, 1.54) is 11.9 Å². The quantitative estimate of drug-likeness (QED) is 0.818. The van der Waals surface area contributed by atoms with Crippen molar-refractivity contribution in [2.24, 2.45) is 0 Å². The summed E-state index contributed by atoms with van der Waals surface area (Å²) in [5, 5.41) is 4.47. The first-order chi connectivity index (χ1) is 11.3. The zero-order chi connectivity index (χ0) is 17.3. The molecule has 24 heavy (non-hydrogen) atoms. The van der Waals surface area contributed by atoms with Gasteiger partial charge in [-0.1, -0.05) is 12.1 Å². The second-order valence-corrected chi connectivity index (χ2v) is 8.78. The molecule has 0 saturated heterocycles. The van der Waals surface area contributed by atoms with Crippen LogP contribution in [0.4, 0.5) is 0 Å². The lowest BCUT2D eigenvalue weighted by molar-refractivity contribution is 0.146. The van der Waals surface area contributed by atoms with Crippen LogP contribution in [0.1, 0.15) is 17.3 Å². The van der Waals surface area contributed by atoms with E-state index in [1.54, 1.807) is 12.1 Å². The molecule has 1 aliphatic rings. The molecule has 1 aromatic heterocycles. The Morgan fingerprint density at radius 2 is 1.92 bits per heavy atom. The fourth-order valence-electron chi connectivity index (χ4n) is 3.24. The molecule has 0 amide bonds. The van der Waals surface area contributed by atoms with Crippen LogP contribution in [0.5, 0.6) is 0 Å². The van der Waals surface area contributed by atoms with Gasteiger partial charge in [0.25, 0.3) is 0 Å². The lowest BCUT2D eigenvalue weighted by Crippen LogP contribution is -2.41. The highest BCUT2D eigenvalue weighted by molar-refractivity contribution is 7.90.